The van der Waals surface area contributed by atoms with Crippen LogP contribution in [0.4, 0.5) is 5.69 Å². The van der Waals surface area contributed by atoms with E-state index in [1.54, 1.807) is 30.3 Å². The van der Waals surface area contributed by atoms with Crippen molar-refractivity contribution in [3.05, 3.63) is 52.9 Å². The summed E-state index contributed by atoms with van der Waals surface area (Å²) in [5.41, 5.74) is 2.58. The van der Waals surface area contributed by atoms with Gasteiger partial charge in [0.25, 0.3) is 0 Å². The molecule has 11 heteroatoms. The Kier molecular flexibility index (Phi) is 7.98. The highest BCUT2D eigenvalue weighted by atomic mass is 35.5. The van der Waals surface area contributed by atoms with Crippen molar-refractivity contribution in [1.82, 2.24) is 15.6 Å². The lowest BCUT2D eigenvalue weighted by molar-refractivity contribution is -0.146. The van der Waals surface area contributed by atoms with Gasteiger partial charge in [0.15, 0.2) is 0 Å². The highest BCUT2D eigenvalue weighted by molar-refractivity contribution is 6.39. The van der Waals surface area contributed by atoms with Gasteiger partial charge in [0, 0.05) is 23.8 Å². The average Bonchev–Trinajstić information content (AvgIpc) is 3.25. The summed E-state index contributed by atoms with van der Waals surface area (Å²) < 4.78 is 5.45. The number of hydrogen-bond acceptors (Lipinski definition) is 6. The fourth-order valence-electron chi connectivity index (χ4n) is 3.00. The number of halogens is 1. The zero-order chi connectivity index (χ0) is 22.9. The molecule has 0 radical (unpaired) electrons. The molecule has 3 N–H and O–H groups in total. The summed E-state index contributed by atoms with van der Waals surface area (Å²) in [5, 5.41) is 9.02. The van der Waals surface area contributed by atoms with Crippen molar-refractivity contribution in [2.75, 3.05) is 18.4 Å². The van der Waals surface area contributed by atoms with Gasteiger partial charge in [-0.15, -0.1) is 0 Å². The van der Waals surface area contributed by atoms with Crippen LogP contribution in [0.15, 0.2) is 45.9 Å². The van der Waals surface area contributed by atoms with Gasteiger partial charge in [0.2, 0.25) is 0 Å². The van der Waals surface area contributed by atoms with Gasteiger partial charge in [-0.05, 0) is 49.6 Å². The van der Waals surface area contributed by atoms with Crippen LogP contribution in [0.1, 0.15) is 30.8 Å². The minimum absolute atomic E-state index is 0.0323. The van der Waals surface area contributed by atoms with E-state index in [1.165, 1.54) is 17.2 Å². The summed E-state index contributed by atoms with van der Waals surface area (Å²) in [6, 6.07) is 9.56. The monoisotopic (exact) mass is 459 g/mol. The third-order valence-corrected chi connectivity index (χ3v) is 4.82. The summed E-state index contributed by atoms with van der Waals surface area (Å²) in [4.78, 5) is 49.3. The Balaban J connectivity index is 1.43. The second-order valence-corrected chi connectivity index (χ2v) is 7.44. The number of rotatable bonds is 5. The van der Waals surface area contributed by atoms with E-state index in [0.29, 0.717) is 35.3 Å². The average molecular weight is 460 g/mol. The number of carbonyl (C=O) groups is 4. The van der Waals surface area contributed by atoms with Gasteiger partial charge in [0.05, 0.1) is 12.8 Å². The molecule has 0 atom stereocenters. The molecule has 1 aromatic heterocycles. The van der Waals surface area contributed by atoms with Crippen molar-refractivity contribution < 1.29 is 23.6 Å². The lowest BCUT2D eigenvalue weighted by atomic mass is 10.1. The minimum Gasteiger partial charge on any atom is -0.458 e. The Bertz CT molecular complexity index is 1030. The van der Waals surface area contributed by atoms with E-state index in [4.69, 9.17) is 16.0 Å². The minimum atomic E-state index is -0.847. The largest absolute Gasteiger partial charge is 0.458 e. The molecule has 4 amide bonds. The summed E-state index contributed by atoms with van der Waals surface area (Å²) in [7, 11) is 0. The van der Waals surface area contributed by atoms with E-state index in [0.717, 1.165) is 19.3 Å². The number of likely N-dealkylation sites (tertiary alicyclic amines) is 1. The molecule has 0 bridgehead atoms. The summed E-state index contributed by atoms with van der Waals surface area (Å²) >= 11 is 5.84. The van der Waals surface area contributed by atoms with Gasteiger partial charge in [-0.1, -0.05) is 17.7 Å². The molecule has 2 aromatic rings. The second kappa shape index (κ2) is 11.1. The van der Waals surface area contributed by atoms with Crippen molar-refractivity contribution in [2.45, 2.75) is 25.8 Å². The molecule has 10 nitrogen and oxygen atoms in total. The SMILES string of the molecule is O=C(NCc1ccc(/C=N/NC(=O)C(=O)N2CCCCC2)o1)C(=O)Nc1cccc(Cl)c1. The van der Waals surface area contributed by atoms with Crippen LogP contribution in [-0.2, 0) is 25.7 Å². The van der Waals surface area contributed by atoms with Crippen LogP contribution < -0.4 is 16.1 Å². The molecule has 2 heterocycles. The fourth-order valence-corrected chi connectivity index (χ4v) is 3.19. The Morgan fingerprint density at radius 2 is 1.81 bits per heavy atom. The quantitative estimate of drug-likeness (QED) is 0.355. The van der Waals surface area contributed by atoms with Gasteiger partial charge in [0.1, 0.15) is 11.5 Å². The van der Waals surface area contributed by atoms with E-state index in [-0.39, 0.29) is 6.54 Å². The predicted molar refractivity (Wildman–Crippen MR) is 117 cm³/mol. The molecule has 1 aromatic carbocycles. The highest BCUT2D eigenvalue weighted by Gasteiger charge is 2.22. The van der Waals surface area contributed by atoms with Crippen LogP contribution in [0.3, 0.4) is 0 Å². The highest BCUT2D eigenvalue weighted by Crippen LogP contribution is 2.14. The van der Waals surface area contributed by atoms with Crippen molar-refractivity contribution >= 4 is 47.1 Å². The van der Waals surface area contributed by atoms with Gasteiger partial charge in [-0.2, -0.15) is 5.10 Å². The van der Waals surface area contributed by atoms with Crippen LogP contribution in [0.2, 0.25) is 5.02 Å². The first-order valence-corrected chi connectivity index (χ1v) is 10.4. The lowest BCUT2D eigenvalue weighted by Gasteiger charge is -2.25. The smallest absolute Gasteiger partial charge is 0.329 e. The molecule has 1 aliphatic heterocycles. The molecule has 3 rings (SSSR count). The molecule has 0 unspecified atom stereocenters. The number of benzene rings is 1. The molecule has 1 fully saturated rings. The number of hydrazone groups is 1. The van der Waals surface area contributed by atoms with Gasteiger partial charge in [-0.25, -0.2) is 5.43 Å². The molecule has 0 spiro atoms. The van der Waals surface area contributed by atoms with Crippen molar-refractivity contribution in [3.63, 3.8) is 0 Å². The second-order valence-electron chi connectivity index (χ2n) is 7.00. The standard InChI is InChI=1S/C21H22ClN5O5/c22-14-5-4-6-15(11-14)25-19(29)18(28)23-12-16-7-8-17(32-16)13-24-26-20(30)21(31)27-9-2-1-3-10-27/h4-8,11,13H,1-3,9-10,12H2,(H,23,28)(H,25,29)(H,26,30)/b24-13+. The third kappa shape index (κ3) is 6.67. The van der Waals surface area contributed by atoms with Crippen LogP contribution >= 0.6 is 11.6 Å². The van der Waals surface area contributed by atoms with Crippen LogP contribution in [0.5, 0.6) is 0 Å². The Hall–Kier alpha value is -3.66. The van der Waals surface area contributed by atoms with Crippen molar-refractivity contribution in [3.8, 4) is 0 Å². The van der Waals surface area contributed by atoms with E-state index in [2.05, 4.69) is 21.2 Å². The molecule has 0 saturated carbocycles. The summed E-state index contributed by atoms with van der Waals surface area (Å²) in [6.07, 6.45) is 4.06. The first-order chi connectivity index (χ1) is 15.4. The molecule has 1 saturated heterocycles. The summed E-state index contributed by atoms with van der Waals surface area (Å²) in [6.45, 7) is 1.11. The number of nitrogens with zero attached hydrogens (tertiary/aromatic N) is 2. The van der Waals surface area contributed by atoms with E-state index < -0.39 is 23.6 Å². The Labute approximate surface area is 189 Å². The molecule has 32 heavy (non-hydrogen) atoms. The normalized spacial score (nSPS) is 13.6. The van der Waals surface area contributed by atoms with E-state index >= 15 is 0 Å². The first kappa shape index (κ1) is 23.0. The van der Waals surface area contributed by atoms with Crippen LogP contribution in [-0.4, -0.2) is 47.8 Å². The van der Waals surface area contributed by atoms with Gasteiger partial charge < -0.3 is 20.0 Å². The maximum absolute atomic E-state index is 12.0. The van der Waals surface area contributed by atoms with Crippen molar-refractivity contribution in [1.29, 1.82) is 0 Å². The maximum atomic E-state index is 12.0. The number of hydrogen-bond donors (Lipinski definition) is 3. The number of furan rings is 1. The zero-order valence-corrected chi connectivity index (χ0v) is 17.9. The summed E-state index contributed by atoms with van der Waals surface area (Å²) in [5.74, 6) is -2.45. The maximum Gasteiger partial charge on any atom is 0.329 e. The molecule has 1 aliphatic rings. The molecular weight excluding hydrogens is 438 g/mol. The van der Waals surface area contributed by atoms with E-state index in [9.17, 15) is 19.2 Å². The van der Waals surface area contributed by atoms with Gasteiger partial charge >= 0.3 is 23.6 Å². The van der Waals surface area contributed by atoms with Gasteiger partial charge in [-0.3, -0.25) is 19.2 Å². The number of piperidine rings is 1. The Morgan fingerprint density at radius 1 is 1.03 bits per heavy atom. The lowest BCUT2D eigenvalue weighted by Crippen LogP contribution is -2.43. The van der Waals surface area contributed by atoms with Crippen molar-refractivity contribution in [2.24, 2.45) is 5.10 Å². The van der Waals surface area contributed by atoms with Crippen LogP contribution in [0, 0.1) is 0 Å². The Morgan fingerprint density at radius 3 is 2.56 bits per heavy atom. The molecular formula is C21H22ClN5O5. The molecule has 168 valence electrons. The van der Waals surface area contributed by atoms with Crippen LogP contribution in [0.25, 0.3) is 0 Å². The zero-order valence-electron chi connectivity index (χ0n) is 17.1. The number of carbonyl (C=O) groups excluding carboxylic acids is 4. The number of nitrogens with one attached hydrogen (secondary N) is 3. The number of anilines is 1. The van der Waals surface area contributed by atoms with E-state index in [1.807, 2.05) is 0 Å². The fraction of sp³-hybridized carbons (Fsp3) is 0.286. The first-order valence-electron chi connectivity index (χ1n) is 9.98. The predicted octanol–water partition coefficient (Wildman–Crippen LogP) is 1.65. The molecule has 0 aliphatic carbocycles. The number of amides is 4. The topological polar surface area (TPSA) is 133 Å². The third-order valence-electron chi connectivity index (χ3n) is 4.59.